The van der Waals surface area contributed by atoms with Gasteiger partial charge in [0.2, 0.25) is 5.56 Å². The number of phenolic OH excluding ortho intramolecular Hbond substituents is 1. The topological polar surface area (TPSA) is 133 Å². The first-order chi connectivity index (χ1) is 25.8. The second-order valence-corrected chi connectivity index (χ2v) is 15.1. The third-order valence-electron chi connectivity index (χ3n) is 11.0. The summed E-state index contributed by atoms with van der Waals surface area (Å²) in [5.74, 6) is 1.67. The molecule has 9 heteroatoms. The predicted octanol–water partition coefficient (Wildman–Crippen LogP) is 10.0. The molecule has 5 N–H and O–H groups in total. The molecule has 3 aromatic rings. The van der Waals surface area contributed by atoms with Gasteiger partial charge in [-0.05, 0) is 98.7 Å². The summed E-state index contributed by atoms with van der Waals surface area (Å²) in [6, 6.07) is 14.5. The maximum Gasteiger partial charge on any atom is 0.407 e. The second kappa shape index (κ2) is 23.3. The number of phenols is 1. The molecule has 1 unspecified atom stereocenters. The fraction of sp³-hybridized carbons (Fsp3) is 0.636. The van der Waals surface area contributed by atoms with Crippen LogP contribution in [0.4, 0.5) is 4.79 Å². The van der Waals surface area contributed by atoms with E-state index >= 15 is 0 Å². The Morgan fingerprint density at radius 3 is 2.34 bits per heavy atom. The summed E-state index contributed by atoms with van der Waals surface area (Å²) in [5, 5.41) is 28.1. The van der Waals surface area contributed by atoms with Crippen molar-refractivity contribution in [1.82, 2.24) is 15.6 Å². The van der Waals surface area contributed by atoms with Crippen LogP contribution in [0.3, 0.4) is 0 Å². The largest absolute Gasteiger partial charge is 0.506 e. The number of nitrogens with one attached hydrogen (secondary N) is 3. The zero-order chi connectivity index (χ0) is 37.8. The molecule has 9 nitrogen and oxygen atoms in total. The number of benzene rings is 2. The Labute approximate surface area is 317 Å². The van der Waals surface area contributed by atoms with E-state index in [1.165, 1.54) is 50.7 Å². The number of unbranched alkanes of at least 4 members (excludes halogenated alkanes) is 6. The number of aliphatic hydroxyl groups is 1. The van der Waals surface area contributed by atoms with Gasteiger partial charge in [-0.15, -0.1) is 0 Å². The van der Waals surface area contributed by atoms with Gasteiger partial charge >= 0.3 is 6.09 Å². The molecule has 0 saturated heterocycles. The summed E-state index contributed by atoms with van der Waals surface area (Å²) in [6.45, 7) is 8.45. The minimum absolute atomic E-state index is 0.00457. The third-order valence-corrected chi connectivity index (χ3v) is 11.0. The molecular weight excluding hydrogens is 666 g/mol. The number of ether oxygens (including phenoxy) is 2. The van der Waals surface area contributed by atoms with Crippen LogP contribution in [0, 0.1) is 11.8 Å². The number of aromatic hydroxyl groups is 1. The van der Waals surface area contributed by atoms with E-state index in [-0.39, 0.29) is 29.5 Å². The Hall–Kier alpha value is -3.56. The Morgan fingerprint density at radius 2 is 1.62 bits per heavy atom. The molecule has 3 atom stereocenters. The quantitative estimate of drug-likeness (QED) is 0.0579. The van der Waals surface area contributed by atoms with Crippen molar-refractivity contribution < 1.29 is 24.5 Å². The highest BCUT2D eigenvalue weighted by atomic mass is 16.6. The van der Waals surface area contributed by atoms with Crippen molar-refractivity contribution in [3.63, 3.8) is 0 Å². The van der Waals surface area contributed by atoms with E-state index < -0.39 is 6.10 Å². The van der Waals surface area contributed by atoms with E-state index in [4.69, 9.17) is 9.47 Å². The number of pyridine rings is 1. The van der Waals surface area contributed by atoms with E-state index in [1.54, 1.807) is 12.1 Å². The van der Waals surface area contributed by atoms with E-state index in [9.17, 15) is 19.8 Å². The number of carbonyl (C=O) groups is 1. The number of amides is 1. The van der Waals surface area contributed by atoms with Gasteiger partial charge < -0.3 is 35.3 Å². The zero-order valence-corrected chi connectivity index (χ0v) is 32.7. The molecular formula is C44H67N3O6. The van der Waals surface area contributed by atoms with E-state index in [1.807, 2.05) is 6.07 Å². The molecule has 1 aromatic heterocycles. The molecule has 294 valence electrons. The van der Waals surface area contributed by atoms with Crippen molar-refractivity contribution in [1.29, 1.82) is 0 Å². The number of aliphatic hydroxyl groups excluding tert-OH is 1. The summed E-state index contributed by atoms with van der Waals surface area (Å²) in [4.78, 5) is 27.7. The minimum Gasteiger partial charge on any atom is -0.506 e. The van der Waals surface area contributed by atoms with Crippen LogP contribution in [0.15, 0.2) is 53.3 Å². The third kappa shape index (κ3) is 13.7. The number of fused-ring (bicyclic) bond motifs is 1. The maximum atomic E-state index is 13.4. The van der Waals surface area contributed by atoms with Gasteiger partial charge in [-0.3, -0.25) is 4.79 Å². The SMILES string of the molecule is CCCC(CCC)[C@H](CC)OC(=O)NC(c1cccc(OCCCCCCCCCNC[C@H](O)c2ccc(O)c3[nH]c(=O)ccc23)c1)C1CCCCC1. The Morgan fingerprint density at radius 1 is 0.906 bits per heavy atom. The van der Waals surface area contributed by atoms with Gasteiger partial charge in [0.25, 0.3) is 0 Å². The van der Waals surface area contributed by atoms with Gasteiger partial charge in [-0.1, -0.05) is 103 Å². The molecule has 0 bridgehead atoms. The predicted molar refractivity (Wildman–Crippen MR) is 215 cm³/mol. The smallest absolute Gasteiger partial charge is 0.407 e. The summed E-state index contributed by atoms with van der Waals surface area (Å²) < 4.78 is 12.3. The molecule has 53 heavy (non-hydrogen) atoms. The van der Waals surface area contributed by atoms with Crippen LogP contribution < -0.4 is 20.9 Å². The van der Waals surface area contributed by atoms with Crippen LogP contribution >= 0.6 is 0 Å². The second-order valence-electron chi connectivity index (χ2n) is 15.1. The lowest BCUT2D eigenvalue weighted by atomic mass is 9.81. The highest BCUT2D eigenvalue weighted by Crippen LogP contribution is 2.36. The molecule has 0 radical (unpaired) electrons. The van der Waals surface area contributed by atoms with E-state index in [0.717, 1.165) is 88.5 Å². The van der Waals surface area contributed by atoms with Crippen LogP contribution in [-0.4, -0.2) is 47.1 Å². The number of alkyl carbamates (subject to hydrolysis) is 1. The normalized spacial score (nSPS) is 15.3. The maximum absolute atomic E-state index is 13.4. The van der Waals surface area contributed by atoms with Crippen LogP contribution in [0.1, 0.15) is 153 Å². The van der Waals surface area contributed by atoms with Gasteiger partial charge in [0.15, 0.2) is 0 Å². The first kappa shape index (κ1) is 42.2. The number of aromatic nitrogens is 1. The highest BCUT2D eigenvalue weighted by Gasteiger charge is 2.29. The average Bonchev–Trinajstić information content (AvgIpc) is 3.17. The molecule has 1 aliphatic rings. The van der Waals surface area contributed by atoms with Crippen molar-refractivity contribution in [3.8, 4) is 11.5 Å². The number of rotatable bonds is 24. The number of hydrogen-bond acceptors (Lipinski definition) is 7. The Bertz CT molecular complexity index is 1550. The summed E-state index contributed by atoms with van der Waals surface area (Å²) in [5.41, 5.74) is 1.85. The highest BCUT2D eigenvalue weighted by molar-refractivity contribution is 5.87. The molecule has 4 rings (SSSR count). The van der Waals surface area contributed by atoms with E-state index in [2.05, 4.69) is 54.6 Å². The van der Waals surface area contributed by atoms with Crippen molar-refractivity contribution in [2.24, 2.45) is 11.8 Å². The van der Waals surface area contributed by atoms with E-state index in [0.29, 0.717) is 41.5 Å². The van der Waals surface area contributed by atoms with Crippen LogP contribution in [0.5, 0.6) is 11.5 Å². The fourth-order valence-corrected chi connectivity index (χ4v) is 8.13. The van der Waals surface area contributed by atoms with Crippen LogP contribution in [-0.2, 0) is 4.74 Å². The van der Waals surface area contributed by atoms with Gasteiger partial charge in [-0.2, -0.15) is 0 Å². The van der Waals surface area contributed by atoms with Crippen molar-refractivity contribution >= 4 is 17.0 Å². The molecule has 1 amide bonds. The standard InChI is InChI=1S/C44H67N3O6/c1-4-18-32(19-5-2)40(6-3)53-44(51)47-42(33-20-13-12-14-21-33)34-22-17-23-35(30-34)52-29-16-11-9-7-8-10-15-28-45-31-39(49)36-24-26-38(48)43-37(36)25-27-41(50)46-43/h17,22-27,30,32-33,39-40,42,45,48-49H,4-16,18-21,28-29,31H2,1-3H3,(H,46,50)(H,47,51)/t39-,40-,42?/m0/s1. The van der Waals surface area contributed by atoms with Gasteiger partial charge in [-0.25, -0.2) is 4.79 Å². The van der Waals surface area contributed by atoms with Gasteiger partial charge in [0, 0.05) is 18.0 Å². The minimum atomic E-state index is -0.736. The van der Waals surface area contributed by atoms with Crippen molar-refractivity contribution in [3.05, 3.63) is 70.0 Å². The molecule has 2 aromatic carbocycles. The number of H-pyrrole nitrogens is 1. The fourth-order valence-electron chi connectivity index (χ4n) is 8.13. The monoisotopic (exact) mass is 734 g/mol. The lowest BCUT2D eigenvalue weighted by Gasteiger charge is -2.32. The zero-order valence-electron chi connectivity index (χ0n) is 32.7. The van der Waals surface area contributed by atoms with Crippen molar-refractivity contribution in [2.45, 2.75) is 148 Å². The molecule has 1 fully saturated rings. The van der Waals surface area contributed by atoms with Gasteiger partial charge in [0.1, 0.15) is 17.6 Å². The number of aromatic amines is 1. The molecule has 1 aliphatic carbocycles. The average molecular weight is 734 g/mol. The summed E-state index contributed by atoms with van der Waals surface area (Å²) >= 11 is 0. The first-order valence-electron chi connectivity index (χ1n) is 20.8. The van der Waals surface area contributed by atoms with Crippen molar-refractivity contribution in [2.75, 3.05) is 19.7 Å². The first-order valence-corrected chi connectivity index (χ1v) is 20.8. The molecule has 0 aliphatic heterocycles. The van der Waals surface area contributed by atoms with Crippen LogP contribution in [0.2, 0.25) is 0 Å². The number of carbonyl (C=O) groups excluding carboxylic acids is 1. The lowest BCUT2D eigenvalue weighted by Crippen LogP contribution is -2.38. The summed E-state index contributed by atoms with van der Waals surface area (Å²) in [7, 11) is 0. The Balaban J connectivity index is 1.13. The molecule has 0 spiro atoms. The summed E-state index contributed by atoms with van der Waals surface area (Å²) in [6.07, 6.45) is 17.9. The van der Waals surface area contributed by atoms with Crippen LogP contribution in [0.25, 0.3) is 10.9 Å². The van der Waals surface area contributed by atoms with Gasteiger partial charge in [0.05, 0.1) is 24.3 Å². The number of hydrogen-bond donors (Lipinski definition) is 5. The Kier molecular flexibility index (Phi) is 18.5. The molecule has 1 heterocycles. The molecule has 1 saturated carbocycles. The lowest BCUT2D eigenvalue weighted by molar-refractivity contribution is 0.0477.